The van der Waals surface area contributed by atoms with Crippen LogP contribution in [-0.4, -0.2) is 28.2 Å². The Balaban J connectivity index is 2.58. The summed E-state index contributed by atoms with van der Waals surface area (Å²) in [5.41, 5.74) is 2.21. The van der Waals surface area contributed by atoms with Gasteiger partial charge in [0.2, 0.25) is 5.88 Å². The van der Waals surface area contributed by atoms with Gasteiger partial charge in [0.05, 0.1) is 13.5 Å². The lowest BCUT2D eigenvalue weighted by atomic mass is 10.0. The van der Waals surface area contributed by atoms with Gasteiger partial charge in [-0.3, -0.25) is 9.78 Å². The fourth-order valence-electron chi connectivity index (χ4n) is 1.77. The van der Waals surface area contributed by atoms with Crippen LogP contribution < -0.4 is 4.74 Å². The van der Waals surface area contributed by atoms with E-state index < -0.39 is 5.97 Å². The molecular weight excluding hydrogens is 232 g/mol. The zero-order valence-corrected chi connectivity index (χ0v) is 9.83. The van der Waals surface area contributed by atoms with Gasteiger partial charge in [-0.15, -0.1) is 0 Å². The second-order valence-electron chi connectivity index (χ2n) is 3.66. The van der Waals surface area contributed by atoms with Crippen molar-refractivity contribution in [1.29, 1.82) is 0 Å². The number of hydrogen-bond donors (Lipinski definition) is 1. The molecule has 0 aliphatic heterocycles. The lowest BCUT2D eigenvalue weighted by Gasteiger charge is -2.11. The Kier molecular flexibility index (Phi) is 3.52. The predicted octanol–water partition coefficient (Wildman–Crippen LogP) is 1.78. The van der Waals surface area contributed by atoms with E-state index in [-0.39, 0.29) is 6.42 Å². The minimum Gasteiger partial charge on any atom is -0.481 e. The number of carboxylic acid groups (broad SMARTS) is 1. The summed E-state index contributed by atoms with van der Waals surface area (Å²) in [6.45, 7) is 0. The highest BCUT2D eigenvalue weighted by Crippen LogP contribution is 2.31. The summed E-state index contributed by atoms with van der Waals surface area (Å²) >= 11 is 0. The maximum Gasteiger partial charge on any atom is 0.307 e. The highest BCUT2D eigenvalue weighted by Gasteiger charge is 2.14. The molecule has 0 amide bonds. The van der Waals surface area contributed by atoms with E-state index in [0.717, 1.165) is 5.56 Å². The number of aliphatic carboxylic acids is 1. The fraction of sp³-hybridized carbons (Fsp3) is 0.154. The molecule has 0 radical (unpaired) electrons. The number of hydrogen-bond acceptors (Lipinski definition) is 4. The number of carboxylic acids is 1. The molecular formula is C13H12N2O3. The lowest BCUT2D eigenvalue weighted by molar-refractivity contribution is -0.136. The molecule has 0 bridgehead atoms. The van der Waals surface area contributed by atoms with Crippen LogP contribution in [0.3, 0.4) is 0 Å². The topological polar surface area (TPSA) is 72.3 Å². The van der Waals surface area contributed by atoms with Crippen LogP contribution in [0.5, 0.6) is 5.88 Å². The van der Waals surface area contributed by atoms with Crippen molar-refractivity contribution in [1.82, 2.24) is 9.97 Å². The van der Waals surface area contributed by atoms with E-state index in [1.54, 1.807) is 36.8 Å². The number of pyridine rings is 2. The van der Waals surface area contributed by atoms with Crippen molar-refractivity contribution in [3.8, 4) is 17.0 Å². The molecule has 18 heavy (non-hydrogen) atoms. The van der Waals surface area contributed by atoms with E-state index >= 15 is 0 Å². The molecule has 0 spiro atoms. The van der Waals surface area contributed by atoms with Gasteiger partial charge in [-0.25, -0.2) is 4.98 Å². The van der Waals surface area contributed by atoms with Crippen LogP contribution in [0.2, 0.25) is 0 Å². The lowest BCUT2D eigenvalue weighted by Crippen LogP contribution is -2.04. The van der Waals surface area contributed by atoms with Gasteiger partial charge >= 0.3 is 5.97 Å². The van der Waals surface area contributed by atoms with Crippen molar-refractivity contribution in [2.75, 3.05) is 7.11 Å². The van der Waals surface area contributed by atoms with Gasteiger partial charge in [-0.1, -0.05) is 0 Å². The number of methoxy groups -OCH3 is 1. The van der Waals surface area contributed by atoms with Crippen LogP contribution in [0.1, 0.15) is 5.56 Å². The molecule has 2 aromatic rings. The van der Waals surface area contributed by atoms with Gasteiger partial charge in [-0.2, -0.15) is 0 Å². The molecule has 2 aromatic heterocycles. The van der Waals surface area contributed by atoms with Crippen LogP contribution in [0.15, 0.2) is 36.8 Å². The molecule has 92 valence electrons. The first-order valence-electron chi connectivity index (χ1n) is 5.36. The van der Waals surface area contributed by atoms with Crippen molar-refractivity contribution in [2.45, 2.75) is 6.42 Å². The maximum absolute atomic E-state index is 10.9. The first-order valence-corrected chi connectivity index (χ1v) is 5.36. The fourth-order valence-corrected chi connectivity index (χ4v) is 1.77. The standard InChI is InChI=1S/C13H12N2O3/c1-18-13-12(9-2-5-14-6-3-9)10(4-7-15-13)8-11(16)17/h2-7H,8H2,1H3,(H,16,17). The van der Waals surface area contributed by atoms with Crippen molar-refractivity contribution < 1.29 is 14.6 Å². The predicted molar refractivity (Wildman–Crippen MR) is 65.4 cm³/mol. The minimum absolute atomic E-state index is 0.0729. The van der Waals surface area contributed by atoms with Gasteiger partial charge < -0.3 is 9.84 Å². The van der Waals surface area contributed by atoms with Crippen molar-refractivity contribution in [2.24, 2.45) is 0 Å². The third kappa shape index (κ3) is 2.45. The Hall–Kier alpha value is -2.43. The molecule has 0 unspecified atom stereocenters. The zero-order valence-electron chi connectivity index (χ0n) is 9.83. The van der Waals surface area contributed by atoms with Gasteiger partial charge in [0, 0.05) is 24.2 Å². The van der Waals surface area contributed by atoms with Gasteiger partial charge in [0.25, 0.3) is 0 Å². The maximum atomic E-state index is 10.9. The molecule has 2 heterocycles. The first-order chi connectivity index (χ1) is 8.72. The number of aromatic nitrogens is 2. The molecule has 0 saturated carbocycles. The van der Waals surface area contributed by atoms with Gasteiger partial charge in [0.1, 0.15) is 0 Å². The summed E-state index contributed by atoms with van der Waals surface area (Å²) in [7, 11) is 1.51. The Morgan fingerprint density at radius 1 is 1.28 bits per heavy atom. The summed E-state index contributed by atoms with van der Waals surface area (Å²) in [6.07, 6.45) is 4.76. The highest BCUT2D eigenvalue weighted by molar-refractivity contribution is 5.78. The smallest absolute Gasteiger partial charge is 0.307 e. The molecule has 0 aliphatic carbocycles. The summed E-state index contributed by atoms with van der Waals surface area (Å²) < 4.78 is 5.20. The van der Waals surface area contributed by atoms with E-state index in [0.29, 0.717) is 17.0 Å². The Morgan fingerprint density at radius 3 is 2.61 bits per heavy atom. The van der Waals surface area contributed by atoms with Crippen LogP contribution in [0, 0.1) is 0 Å². The van der Waals surface area contributed by atoms with Crippen molar-refractivity contribution in [3.63, 3.8) is 0 Å². The molecule has 5 heteroatoms. The first kappa shape index (κ1) is 12.0. The van der Waals surface area contributed by atoms with E-state index in [9.17, 15) is 4.79 Å². The van der Waals surface area contributed by atoms with E-state index in [1.807, 2.05) is 0 Å². The normalized spacial score (nSPS) is 10.1. The summed E-state index contributed by atoms with van der Waals surface area (Å²) in [5, 5.41) is 8.93. The van der Waals surface area contributed by atoms with Crippen LogP contribution in [0.25, 0.3) is 11.1 Å². The quantitative estimate of drug-likeness (QED) is 0.887. The molecule has 0 aromatic carbocycles. The molecule has 1 N–H and O–H groups in total. The van der Waals surface area contributed by atoms with Crippen LogP contribution >= 0.6 is 0 Å². The zero-order chi connectivity index (χ0) is 13.0. The molecule has 0 atom stereocenters. The molecule has 0 saturated heterocycles. The van der Waals surface area contributed by atoms with Crippen LogP contribution in [-0.2, 0) is 11.2 Å². The third-order valence-corrected chi connectivity index (χ3v) is 2.51. The van der Waals surface area contributed by atoms with Crippen molar-refractivity contribution in [3.05, 3.63) is 42.4 Å². The number of rotatable bonds is 4. The van der Waals surface area contributed by atoms with E-state index in [4.69, 9.17) is 9.84 Å². The average molecular weight is 244 g/mol. The SMILES string of the molecule is COc1nccc(CC(=O)O)c1-c1ccncc1. The molecule has 0 aliphatic rings. The monoisotopic (exact) mass is 244 g/mol. The summed E-state index contributed by atoms with van der Waals surface area (Å²) in [5.74, 6) is -0.474. The van der Waals surface area contributed by atoms with Gasteiger partial charge in [-0.05, 0) is 29.3 Å². The number of carbonyl (C=O) groups is 1. The summed E-state index contributed by atoms with van der Waals surface area (Å²) in [4.78, 5) is 18.9. The second kappa shape index (κ2) is 5.27. The molecule has 5 nitrogen and oxygen atoms in total. The minimum atomic E-state index is -0.890. The van der Waals surface area contributed by atoms with Gasteiger partial charge in [0.15, 0.2) is 0 Å². The van der Waals surface area contributed by atoms with Crippen molar-refractivity contribution >= 4 is 5.97 Å². The second-order valence-corrected chi connectivity index (χ2v) is 3.66. The van der Waals surface area contributed by atoms with E-state index in [1.165, 1.54) is 7.11 Å². The molecule has 2 rings (SSSR count). The average Bonchev–Trinajstić information content (AvgIpc) is 2.38. The summed E-state index contributed by atoms with van der Waals surface area (Å²) in [6, 6.07) is 5.28. The molecule has 0 fully saturated rings. The Labute approximate surface area is 104 Å². The van der Waals surface area contributed by atoms with E-state index in [2.05, 4.69) is 9.97 Å². The Morgan fingerprint density at radius 2 is 2.00 bits per heavy atom. The largest absolute Gasteiger partial charge is 0.481 e. The Bertz CT molecular complexity index is 555. The number of nitrogens with zero attached hydrogens (tertiary/aromatic N) is 2. The number of ether oxygens (including phenoxy) is 1. The highest BCUT2D eigenvalue weighted by atomic mass is 16.5. The third-order valence-electron chi connectivity index (χ3n) is 2.51. The van der Waals surface area contributed by atoms with Crippen LogP contribution in [0.4, 0.5) is 0 Å².